The lowest BCUT2D eigenvalue weighted by Gasteiger charge is -2.01. The van der Waals surface area contributed by atoms with E-state index in [0.29, 0.717) is 12.4 Å². The van der Waals surface area contributed by atoms with Crippen molar-refractivity contribution in [2.75, 3.05) is 6.54 Å². The summed E-state index contributed by atoms with van der Waals surface area (Å²) < 4.78 is 1.56. The van der Waals surface area contributed by atoms with Crippen molar-refractivity contribution in [2.45, 2.75) is 6.54 Å². The van der Waals surface area contributed by atoms with Crippen LogP contribution in [0.3, 0.4) is 0 Å². The Balaban J connectivity index is 2.22. The largest absolute Gasteiger partial charge is 0.351 e. The summed E-state index contributed by atoms with van der Waals surface area (Å²) in [6, 6.07) is -0.863. The van der Waals surface area contributed by atoms with E-state index in [0.717, 1.165) is 0 Å². The molecule has 0 unspecified atom stereocenters. The van der Waals surface area contributed by atoms with E-state index in [2.05, 4.69) is 15.4 Å². The fraction of sp³-hybridized carbons (Fsp3) is 0.429. The Hall–Kier alpha value is -1.96. The number of carbonyl (C=O) groups is 2. The molecule has 1 rings (SSSR count). The van der Waals surface area contributed by atoms with Crippen molar-refractivity contribution in [3.05, 3.63) is 12.2 Å². The van der Waals surface area contributed by atoms with Gasteiger partial charge in [0.1, 0.15) is 6.33 Å². The molecule has 0 aliphatic heterocycles. The van der Waals surface area contributed by atoms with Crippen LogP contribution in [-0.2, 0) is 18.4 Å². The molecule has 8 heteroatoms. The van der Waals surface area contributed by atoms with Gasteiger partial charge in [-0.3, -0.25) is 14.8 Å². The molecule has 0 spiro atoms. The highest BCUT2D eigenvalue weighted by atomic mass is 16.2. The minimum Gasteiger partial charge on any atom is -0.351 e. The lowest BCUT2D eigenvalue weighted by atomic mass is 10.5. The van der Waals surface area contributed by atoms with Gasteiger partial charge in [0.15, 0.2) is 5.82 Å². The fourth-order valence-electron chi connectivity index (χ4n) is 0.934. The second kappa shape index (κ2) is 5.05. The number of carbonyl (C=O) groups excluding carboxylic acids is 2. The highest BCUT2D eigenvalue weighted by Gasteiger charge is 2.04. The molecule has 0 aromatic carbocycles. The van der Waals surface area contributed by atoms with Crippen molar-refractivity contribution in [2.24, 2.45) is 12.8 Å². The molecule has 0 aliphatic carbocycles. The fourth-order valence-corrected chi connectivity index (χ4v) is 0.934. The van der Waals surface area contributed by atoms with Crippen LogP contribution in [0.5, 0.6) is 0 Å². The number of rotatable bonds is 4. The van der Waals surface area contributed by atoms with E-state index < -0.39 is 11.9 Å². The number of nitrogens with one attached hydrogen (secondary N) is 2. The van der Waals surface area contributed by atoms with Gasteiger partial charge in [0.05, 0.1) is 13.1 Å². The summed E-state index contributed by atoms with van der Waals surface area (Å²) in [5.41, 5.74) is 4.75. The first-order valence-corrected chi connectivity index (χ1v) is 4.22. The number of hydrogen-bond acceptors (Lipinski definition) is 5. The summed E-state index contributed by atoms with van der Waals surface area (Å²) in [4.78, 5) is 25.1. The van der Waals surface area contributed by atoms with Gasteiger partial charge in [-0.2, -0.15) is 5.10 Å². The maximum Gasteiger partial charge on any atom is 0.318 e. The van der Waals surface area contributed by atoms with Crippen molar-refractivity contribution < 1.29 is 9.59 Å². The Bertz CT molecular complexity index is 360. The number of urea groups is 1. The van der Waals surface area contributed by atoms with Crippen molar-refractivity contribution in [3.8, 4) is 0 Å². The Morgan fingerprint density at radius 2 is 2.33 bits per heavy atom. The average molecular weight is 212 g/mol. The van der Waals surface area contributed by atoms with Gasteiger partial charge in [-0.1, -0.05) is 0 Å². The van der Waals surface area contributed by atoms with Crippen LogP contribution in [0.25, 0.3) is 0 Å². The van der Waals surface area contributed by atoms with Crippen molar-refractivity contribution >= 4 is 11.9 Å². The number of hydrogen-bond donors (Lipinski definition) is 3. The molecule has 1 aromatic rings. The zero-order valence-corrected chi connectivity index (χ0v) is 8.23. The molecule has 0 bridgehead atoms. The molecule has 0 radical (unpaired) electrons. The van der Waals surface area contributed by atoms with Gasteiger partial charge >= 0.3 is 6.03 Å². The Labute approximate surface area is 85.8 Å². The number of aryl methyl sites for hydroxylation is 1. The standard InChI is InChI=1S/C7H12N6O2/c1-13-4-10-5(12-13)2-9-3-6(14)11-7(8)15/h4,9H,2-3H2,1H3,(H3,8,11,14,15). The second-order valence-electron chi connectivity index (χ2n) is 2.85. The van der Waals surface area contributed by atoms with Crippen molar-refractivity contribution in [3.63, 3.8) is 0 Å². The molecule has 1 aromatic heterocycles. The maximum atomic E-state index is 10.9. The Morgan fingerprint density at radius 1 is 1.60 bits per heavy atom. The highest BCUT2D eigenvalue weighted by molar-refractivity contribution is 5.94. The topological polar surface area (TPSA) is 115 Å². The summed E-state index contributed by atoms with van der Waals surface area (Å²) in [6.07, 6.45) is 1.56. The van der Waals surface area contributed by atoms with Gasteiger partial charge in [-0.25, -0.2) is 9.78 Å². The third kappa shape index (κ3) is 4.18. The zero-order chi connectivity index (χ0) is 11.3. The van der Waals surface area contributed by atoms with Crippen LogP contribution in [-0.4, -0.2) is 33.2 Å². The first-order valence-electron chi connectivity index (χ1n) is 4.22. The van der Waals surface area contributed by atoms with E-state index in [4.69, 9.17) is 5.73 Å². The maximum absolute atomic E-state index is 10.9. The predicted octanol–water partition coefficient (Wildman–Crippen LogP) is -1.90. The van der Waals surface area contributed by atoms with Crippen LogP contribution in [0.15, 0.2) is 6.33 Å². The summed E-state index contributed by atoms with van der Waals surface area (Å²) in [6.45, 7) is 0.341. The molecule has 82 valence electrons. The van der Waals surface area contributed by atoms with E-state index in [-0.39, 0.29) is 6.54 Å². The van der Waals surface area contributed by atoms with E-state index in [1.165, 1.54) is 0 Å². The summed E-state index contributed by atoms with van der Waals surface area (Å²) in [5, 5.41) is 8.68. The van der Waals surface area contributed by atoms with Crippen LogP contribution in [0, 0.1) is 0 Å². The molecule has 0 saturated heterocycles. The molecule has 3 amide bonds. The monoisotopic (exact) mass is 212 g/mol. The first-order chi connectivity index (χ1) is 7.08. The quantitative estimate of drug-likeness (QED) is 0.539. The molecule has 0 atom stereocenters. The molecule has 0 fully saturated rings. The predicted molar refractivity (Wildman–Crippen MR) is 50.4 cm³/mol. The SMILES string of the molecule is Cn1cnc(CNCC(=O)NC(N)=O)n1. The zero-order valence-electron chi connectivity index (χ0n) is 8.23. The van der Waals surface area contributed by atoms with Crippen LogP contribution < -0.4 is 16.4 Å². The molecule has 1 heterocycles. The van der Waals surface area contributed by atoms with Crippen molar-refractivity contribution in [1.29, 1.82) is 0 Å². The van der Waals surface area contributed by atoms with E-state index in [9.17, 15) is 9.59 Å². The smallest absolute Gasteiger partial charge is 0.318 e. The van der Waals surface area contributed by atoms with Crippen molar-refractivity contribution in [1.82, 2.24) is 25.4 Å². The molecular weight excluding hydrogens is 200 g/mol. The number of imide groups is 1. The summed E-state index contributed by atoms with van der Waals surface area (Å²) >= 11 is 0. The first kappa shape index (κ1) is 11.1. The van der Waals surface area contributed by atoms with Crippen LogP contribution >= 0.6 is 0 Å². The molecular formula is C7H12N6O2. The molecule has 15 heavy (non-hydrogen) atoms. The third-order valence-electron chi connectivity index (χ3n) is 1.48. The molecule has 0 aliphatic rings. The number of amides is 3. The van der Waals surface area contributed by atoms with Gasteiger partial charge in [0, 0.05) is 7.05 Å². The third-order valence-corrected chi connectivity index (χ3v) is 1.48. The Kier molecular flexibility index (Phi) is 3.75. The summed E-state index contributed by atoms with van der Waals surface area (Å²) in [7, 11) is 1.75. The van der Waals surface area contributed by atoms with Gasteiger partial charge in [0.2, 0.25) is 5.91 Å². The number of aromatic nitrogens is 3. The normalized spacial score (nSPS) is 9.93. The van der Waals surface area contributed by atoms with Gasteiger partial charge < -0.3 is 11.1 Å². The molecule has 0 saturated carbocycles. The van der Waals surface area contributed by atoms with Crippen LogP contribution in [0.1, 0.15) is 5.82 Å². The average Bonchev–Trinajstić information content (AvgIpc) is 2.50. The number of nitrogens with zero attached hydrogens (tertiary/aromatic N) is 3. The number of nitrogens with two attached hydrogens (primary N) is 1. The second-order valence-corrected chi connectivity index (χ2v) is 2.85. The lowest BCUT2D eigenvalue weighted by Crippen LogP contribution is -2.40. The Morgan fingerprint density at radius 3 is 2.87 bits per heavy atom. The summed E-state index contributed by atoms with van der Waals surface area (Å²) in [5.74, 6) is 0.0859. The number of primary amides is 1. The van der Waals surface area contributed by atoms with Crippen LogP contribution in [0.4, 0.5) is 4.79 Å². The minimum atomic E-state index is -0.863. The van der Waals surface area contributed by atoms with E-state index in [1.807, 2.05) is 5.32 Å². The highest BCUT2D eigenvalue weighted by Crippen LogP contribution is 1.85. The van der Waals surface area contributed by atoms with Gasteiger partial charge in [-0.15, -0.1) is 0 Å². The molecule has 4 N–H and O–H groups in total. The van der Waals surface area contributed by atoms with Gasteiger partial charge in [0.25, 0.3) is 0 Å². The van der Waals surface area contributed by atoms with Gasteiger partial charge in [-0.05, 0) is 0 Å². The van der Waals surface area contributed by atoms with E-state index in [1.54, 1.807) is 18.1 Å². The molecule has 8 nitrogen and oxygen atoms in total. The lowest BCUT2D eigenvalue weighted by molar-refractivity contribution is -0.119. The minimum absolute atomic E-state index is 0.0127. The van der Waals surface area contributed by atoms with Crippen LogP contribution in [0.2, 0.25) is 0 Å². The van der Waals surface area contributed by atoms with E-state index >= 15 is 0 Å².